The van der Waals surface area contributed by atoms with Crippen LogP contribution >= 0.6 is 23.5 Å². The van der Waals surface area contributed by atoms with E-state index in [1.807, 2.05) is 6.07 Å². The van der Waals surface area contributed by atoms with Gasteiger partial charge in [-0.25, -0.2) is 0 Å². The molecular weight excluding hydrogens is 368 g/mol. The van der Waals surface area contributed by atoms with E-state index in [4.69, 9.17) is 0 Å². The number of nitrogens with one attached hydrogen (secondary N) is 1. The van der Waals surface area contributed by atoms with Crippen molar-refractivity contribution in [2.45, 2.75) is 18.4 Å². The van der Waals surface area contributed by atoms with Gasteiger partial charge in [0.15, 0.2) is 0 Å². The van der Waals surface area contributed by atoms with Crippen molar-refractivity contribution >= 4 is 35.1 Å². The van der Waals surface area contributed by atoms with Crippen LogP contribution in [-0.2, 0) is 16.3 Å². The molecule has 0 atom stereocenters. The fourth-order valence-corrected chi connectivity index (χ4v) is 3.83. The molecule has 0 bridgehead atoms. The highest BCUT2D eigenvalue weighted by atomic mass is 32.2. The fraction of sp³-hybridized carbons (Fsp3) is 0.316. The number of nitro benzene ring substituents is 1. The van der Waals surface area contributed by atoms with E-state index in [2.05, 4.69) is 36.5 Å². The molecule has 1 N–H and O–H groups in total. The molecule has 0 saturated heterocycles. The lowest BCUT2D eigenvalue weighted by Crippen LogP contribution is -2.27. The normalized spacial score (nSPS) is 10.5. The summed E-state index contributed by atoms with van der Waals surface area (Å²) in [6.45, 7) is 2.72. The van der Waals surface area contributed by atoms with Gasteiger partial charge < -0.3 is 5.32 Å². The van der Waals surface area contributed by atoms with E-state index in [1.165, 1.54) is 29.0 Å². The second kappa shape index (κ2) is 10.9. The Hall–Kier alpha value is -1.99. The summed E-state index contributed by atoms with van der Waals surface area (Å²) < 4.78 is 0. The SMILES string of the molecule is Cc1ccc(CSCCNC(=O)CSCc2cccc([N+](=O)[O-])c2)cc1. The number of nitrogens with zero attached hydrogens (tertiary/aromatic N) is 1. The summed E-state index contributed by atoms with van der Waals surface area (Å²) in [7, 11) is 0. The first-order valence-corrected chi connectivity index (χ1v) is 10.6. The quantitative estimate of drug-likeness (QED) is 0.374. The number of thioether (sulfide) groups is 2. The predicted molar refractivity (Wildman–Crippen MR) is 110 cm³/mol. The molecule has 138 valence electrons. The van der Waals surface area contributed by atoms with Gasteiger partial charge in [0.05, 0.1) is 10.7 Å². The van der Waals surface area contributed by atoms with Gasteiger partial charge in [-0.15, -0.1) is 11.8 Å². The highest BCUT2D eigenvalue weighted by molar-refractivity contribution is 7.99. The lowest BCUT2D eigenvalue weighted by molar-refractivity contribution is -0.384. The summed E-state index contributed by atoms with van der Waals surface area (Å²) in [5.74, 6) is 2.74. The van der Waals surface area contributed by atoms with E-state index in [1.54, 1.807) is 23.9 Å². The third kappa shape index (κ3) is 7.49. The Morgan fingerprint density at radius 1 is 1.08 bits per heavy atom. The Morgan fingerprint density at radius 3 is 2.54 bits per heavy atom. The summed E-state index contributed by atoms with van der Waals surface area (Å²) in [6.07, 6.45) is 0. The van der Waals surface area contributed by atoms with Crippen LogP contribution in [-0.4, -0.2) is 28.9 Å². The molecule has 1 amide bonds. The number of carbonyl (C=O) groups excluding carboxylic acids is 1. The van der Waals surface area contributed by atoms with Crippen LogP contribution in [0.3, 0.4) is 0 Å². The standard InChI is InChI=1S/C19H22N2O3S2/c1-15-5-7-16(8-6-15)12-25-10-9-20-19(22)14-26-13-17-3-2-4-18(11-17)21(23)24/h2-8,11H,9-10,12-14H2,1H3,(H,20,22). The predicted octanol–water partition coefficient (Wildman–Crippen LogP) is 4.19. The van der Waals surface area contributed by atoms with Gasteiger partial charge >= 0.3 is 0 Å². The van der Waals surface area contributed by atoms with E-state index in [0.717, 1.165) is 17.1 Å². The minimum absolute atomic E-state index is 0.00336. The Bertz CT molecular complexity index is 736. The topological polar surface area (TPSA) is 72.2 Å². The second-order valence-electron chi connectivity index (χ2n) is 5.81. The molecule has 0 aliphatic rings. The highest BCUT2D eigenvalue weighted by Crippen LogP contribution is 2.18. The van der Waals surface area contributed by atoms with Crippen LogP contribution in [0.25, 0.3) is 0 Å². The number of hydrogen-bond acceptors (Lipinski definition) is 5. The molecule has 0 aliphatic carbocycles. The molecule has 2 aromatic carbocycles. The maximum absolute atomic E-state index is 11.8. The molecule has 0 heterocycles. The number of hydrogen-bond donors (Lipinski definition) is 1. The van der Waals surface area contributed by atoms with Crippen molar-refractivity contribution in [1.82, 2.24) is 5.32 Å². The zero-order valence-electron chi connectivity index (χ0n) is 14.6. The summed E-state index contributed by atoms with van der Waals surface area (Å²) in [5.41, 5.74) is 3.48. The van der Waals surface area contributed by atoms with Crippen LogP contribution < -0.4 is 5.32 Å². The number of carbonyl (C=O) groups is 1. The summed E-state index contributed by atoms with van der Waals surface area (Å²) in [6, 6.07) is 15.0. The number of amides is 1. The number of rotatable bonds is 10. The molecule has 2 rings (SSSR count). The summed E-state index contributed by atoms with van der Waals surface area (Å²) in [5, 5.41) is 13.6. The van der Waals surface area contributed by atoms with Gasteiger partial charge in [0.2, 0.25) is 5.91 Å². The lowest BCUT2D eigenvalue weighted by Gasteiger charge is -2.06. The smallest absolute Gasteiger partial charge is 0.269 e. The largest absolute Gasteiger partial charge is 0.355 e. The Labute approximate surface area is 162 Å². The molecule has 0 aromatic heterocycles. The molecular formula is C19H22N2O3S2. The summed E-state index contributed by atoms with van der Waals surface area (Å²) in [4.78, 5) is 22.2. The van der Waals surface area contributed by atoms with Crippen molar-refractivity contribution in [2.24, 2.45) is 0 Å². The third-order valence-corrected chi connectivity index (χ3v) is 5.62. The van der Waals surface area contributed by atoms with Gasteiger partial charge in [0, 0.05) is 35.9 Å². The van der Waals surface area contributed by atoms with Crippen LogP contribution in [0.15, 0.2) is 48.5 Å². The van der Waals surface area contributed by atoms with Crippen molar-refractivity contribution < 1.29 is 9.72 Å². The Kier molecular flexibility index (Phi) is 8.50. The first kappa shape index (κ1) is 20.3. The third-order valence-electron chi connectivity index (χ3n) is 3.58. The van der Waals surface area contributed by atoms with Gasteiger partial charge in [0.1, 0.15) is 0 Å². The van der Waals surface area contributed by atoms with E-state index in [0.29, 0.717) is 18.1 Å². The number of non-ortho nitro benzene ring substituents is 1. The first-order valence-electron chi connectivity index (χ1n) is 8.25. The number of nitro groups is 1. The van der Waals surface area contributed by atoms with Crippen molar-refractivity contribution in [3.05, 3.63) is 75.3 Å². The molecule has 0 spiro atoms. The van der Waals surface area contributed by atoms with Crippen molar-refractivity contribution in [3.8, 4) is 0 Å². The molecule has 0 unspecified atom stereocenters. The molecule has 7 heteroatoms. The molecule has 5 nitrogen and oxygen atoms in total. The van der Waals surface area contributed by atoms with Crippen molar-refractivity contribution in [1.29, 1.82) is 0 Å². The van der Waals surface area contributed by atoms with E-state index in [9.17, 15) is 14.9 Å². The average molecular weight is 391 g/mol. The van der Waals surface area contributed by atoms with Gasteiger partial charge in [-0.1, -0.05) is 42.0 Å². The van der Waals surface area contributed by atoms with Crippen LogP contribution in [0.2, 0.25) is 0 Å². The van der Waals surface area contributed by atoms with Gasteiger partial charge in [-0.3, -0.25) is 14.9 Å². The number of benzene rings is 2. The van der Waals surface area contributed by atoms with Crippen LogP contribution in [0.4, 0.5) is 5.69 Å². The molecule has 2 aromatic rings. The van der Waals surface area contributed by atoms with E-state index >= 15 is 0 Å². The average Bonchev–Trinajstić information content (AvgIpc) is 2.63. The minimum atomic E-state index is -0.408. The van der Waals surface area contributed by atoms with E-state index in [-0.39, 0.29) is 11.6 Å². The van der Waals surface area contributed by atoms with Crippen LogP contribution in [0, 0.1) is 17.0 Å². The van der Waals surface area contributed by atoms with Crippen molar-refractivity contribution in [3.63, 3.8) is 0 Å². The zero-order valence-corrected chi connectivity index (χ0v) is 16.3. The fourth-order valence-electron chi connectivity index (χ4n) is 2.21. The maximum Gasteiger partial charge on any atom is 0.269 e. The summed E-state index contributed by atoms with van der Waals surface area (Å²) >= 11 is 3.25. The second-order valence-corrected chi connectivity index (χ2v) is 7.90. The molecule has 0 radical (unpaired) electrons. The minimum Gasteiger partial charge on any atom is -0.355 e. The van der Waals surface area contributed by atoms with Crippen LogP contribution in [0.1, 0.15) is 16.7 Å². The van der Waals surface area contributed by atoms with Crippen LogP contribution in [0.5, 0.6) is 0 Å². The van der Waals surface area contributed by atoms with Crippen molar-refractivity contribution in [2.75, 3.05) is 18.1 Å². The molecule has 0 aliphatic heterocycles. The Balaban J connectivity index is 1.57. The van der Waals surface area contributed by atoms with E-state index < -0.39 is 4.92 Å². The number of aryl methyl sites for hydroxylation is 1. The molecule has 26 heavy (non-hydrogen) atoms. The molecule has 0 fully saturated rings. The van der Waals surface area contributed by atoms with Gasteiger partial charge in [-0.05, 0) is 18.1 Å². The molecule has 0 saturated carbocycles. The van der Waals surface area contributed by atoms with Gasteiger partial charge in [0.25, 0.3) is 5.69 Å². The Morgan fingerprint density at radius 2 is 1.81 bits per heavy atom. The first-order chi connectivity index (χ1) is 12.5. The lowest BCUT2D eigenvalue weighted by atomic mass is 10.2. The zero-order chi connectivity index (χ0) is 18.8. The highest BCUT2D eigenvalue weighted by Gasteiger charge is 2.07. The maximum atomic E-state index is 11.8. The monoisotopic (exact) mass is 390 g/mol. The van der Waals surface area contributed by atoms with Gasteiger partial charge in [-0.2, -0.15) is 11.8 Å².